The van der Waals surface area contributed by atoms with Crippen molar-refractivity contribution in [3.63, 3.8) is 0 Å². The van der Waals surface area contributed by atoms with E-state index in [4.69, 9.17) is 9.84 Å². The molecule has 0 heterocycles. The highest BCUT2D eigenvalue weighted by Crippen LogP contribution is 2.26. The Morgan fingerprint density at radius 2 is 1.91 bits per heavy atom. The molecule has 23 heavy (non-hydrogen) atoms. The van der Waals surface area contributed by atoms with Gasteiger partial charge in [-0.15, -0.1) is 0 Å². The lowest BCUT2D eigenvalue weighted by atomic mass is 10.2. The Morgan fingerprint density at radius 3 is 2.57 bits per heavy atom. The molecule has 7 heteroatoms. The zero-order valence-electron chi connectivity index (χ0n) is 12.1. The summed E-state index contributed by atoms with van der Waals surface area (Å²) in [5.41, 5.74) is 0.566. The number of nitrogens with one attached hydrogen (secondary N) is 1. The van der Waals surface area contributed by atoms with Crippen LogP contribution in [0.25, 0.3) is 0 Å². The highest BCUT2D eigenvalue weighted by molar-refractivity contribution is 5.96. The summed E-state index contributed by atoms with van der Waals surface area (Å²) in [6.07, 6.45) is 0. The lowest BCUT2D eigenvalue weighted by Gasteiger charge is -2.09. The molecule has 0 radical (unpaired) electrons. The van der Waals surface area contributed by atoms with E-state index in [0.29, 0.717) is 5.56 Å². The van der Waals surface area contributed by atoms with Crippen LogP contribution in [0.4, 0.5) is 8.78 Å². The number of aryl methyl sites for hydroxylation is 1. The first kappa shape index (κ1) is 16.4. The average Bonchev–Trinajstić information content (AvgIpc) is 2.47. The number of hydrogen-bond acceptors (Lipinski definition) is 3. The molecule has 2 N–H and O–H groups in total. The standard InChI is InChI=1S/C16H13F2NO4/c1-9-2-3-14(13(18)4-9)23-12-6-10(5-11(17)7-12)16(22)19-8-15(20)21/h2-7H,8H2,1H3,(H,19,22)(H,20,21). The van der Waals surface area contributed by atoms with Gasteiger partial charge in [0.05, 0.1) is 0 Å². The van der Waals surface area contributed by atoms with Crippen LogP contribution in [0.5, 0.6) is 11.5 Å². The van der Waals surface area contributed by atoms with Crippen molar-refractivity contribution in [1.82, 2.24) is 5.32 Å². The van der Waals surface area contributed by atoms with Crippen LogP contribution in [-0.2, 0) is 4.79 Å². The van der Waals surface area contributed by atoms with E-state index in [1.165, 1.54) is 18.2 Å². The quantitative estimate of drug-likeness (QED) is 0.888. The van der Waals surface area contributed by atoms with Gasteiger partial charge in [-0.05, 0) is 36.8 Å². The first-order valence-electron chi connectivity index (χ1n) is 6.60. The summed E-state index contributed by atoms with van der Waals surface area (Å²) in [7, 11) is 0. The number of halogens is 2. The monoisotopic (exact) mass is 321 g/mol. The first-order valence-corrected chi connectivity index (χ1v) is 6.60. The van der Waals surface area contributed by atoms with E-state index < -0.39 is 30.1 Å². The maximum Gasteiger partial charge on any atom is 0.322 e. The molecular formula is C16H13F2NO4. The molecule has 1 amide bonds. The topological polar surface area (TPSA) is 75.6 Å². The van der Waals surface area contributed by atoms with Crippen molar-refractivity contribution in [2.24, 2.45) is 0 Å². The summed E-state index contributed by atoms with van der Waals surface area (Å²) >= 11 is 0. The van der Waals surface area contributed by atoms with Crippen molar-refractivity contribution in [3.8, 4) is 11.5 Å². The number of carbonyl (C=O) groups excluding carboxylic acids is 1. The summed E-state index contributed by atoms with van der Waals surface area (Å²) in [5.74, 6) is -3.58. The highest BCUT2D eigenvalue weighted by atomic mass is 19.1. The van der Waals surface area contributed by atoms with Gasteiger partial charge in [0.25, 0.3) is 5.91 Å². The Labute approximate surface area is 130 Å². The number of benzene rings is 2. The predicted octanol–water partition coefficient (Wildman–Crippen LogP) is 2.88. The Morgan fingerprint density at radius 1 is 1.17 bits per heavy atom. The second-order valence-electron chi connectivity index (χ2n) is 4.79. The molecule has 0 saturated carbocycles. The first-order chi connectivity index (χ1) is 10.8. The summed E-state index contributed by atoms with van der Waals surface area (Å²) in [4.78, 5) is 22.2. The molecule has 5 nitrogen and oxygen atoms in total. The normalized spacial score (nSPS) is 10.2. The minimum absolute atomic E-state index is 0.0757. The number of carbonyl (C=O) groups is 2. The highest BCUT2D eigenvalue weighted by Gasteiger charge is 2.12. The van der Waals surface area contributed by atoms with E-state index in [2.05, 4.69) is 5.32 Å². The van der Waals surface area contributed by atoms with Gasteiger partial charge < -0.3 is 15.2 Å². The van der Waals surface area contributed by atoms with E-state index in [0.717, 1.165) is 12.1 Å². The average molecular weight is 321 g/mol. The maximum absolute atomic E-state index is 13.7. The number of carboxylic acid groups (broad SMARTS) is 1. The van der Waals surface area contributed by atoms with Crippen molar-refractivity contribution in [3.05, 3.63) is 59.2 Å². The number of rotatable bonds is 5. The largest absolute Gasteiger partial charge is 0.480 e. The van der Waals surface area contributed by atoms with Gasteiger partial charge in [-0.1, -0.05) is 6.07 Å². The second-order valence-corrected chi connectivity index (χ2v) is 4.79. The lowest BCUT2D eigenvalue weighted by Crippen LogP contribution is -2.29. The minimum Gasteiger partial charge on any atom is -0.480 e. The van der Waals surface area contributed by atoms with Crippen molar-refractivity contribution in [2.75, 3.05) is 6.54 Å². The van der Waals surface area contributed by atoms with Gasteiger partial charge in [0.15, 0.2) is 11.6 Å². The zero-order valence-corrected chi connectivity index (χ0v) is 12.1. The van der Waals surface area contributed by atoms with Crippen LogP contribution in [0.15, 0.2) is 36.4 Å². The third-order valence-electron chi connectivity index (χ3n) is 2.85. The van der Waals surface area contributed by atoms with Crippen LogP contribution >= 0.6 is 0 Å². The molecule has 0 unspecified atom stereocenters. The van der Waals surface area contributed by atoms with E-state index in [1.807, 2.05) is 0 Å². The molecule has 0 atom stereocenters. The maximum atomic E-state index is 13.7. The van der Waals surface area contributed by atoms with Crippen LogP contribution in [0, 0.1) is 18.6 Å². The van der Waals surface area contributed by atoms with E-state index >= 15 is 0 Å². The smallest absolute Gasteiger partial charge is 0.322 e. The summed E-state index contributed by atoms with van der Waals surface area (Å²) < 4.78 is 32.6. The second kappa shape index (κ2) is 6.87. The number of aliphatic carboxylic acids is 1. The van der Waals surface area contributed by atoms with Gasteiger partial charge in [0.2, 0.25) is 0 Å². The van der Waals surface area contributed by atoms with Crippen molar-refractivity contribution >= 4 is 11.9 Å². The minimum atomic E-state index is -1.23. The predicted molar refractivity (Wildman–Crippen MR) is 77.6 cm³/mol. The van der Waals surface area contributed by atoms with Crippen LogP contribution in [0.2, 0.25) is 0 Å². The van der Waals surface area contributed by atoms with Crippen molar-refractivity contribution in [1.29, 1.82) is 0 Å². The van der Waals surface area contributed by atoms with Gasteiger partial charge in [-0.3, -0.25) is 9.59 Å². The fourth-order valence-electron chi connectivity index (χ4n) is 1.83. The van der Waals surface area contributed by atoms with E-state index in [1.54, 1.807) is 13.0 Å². The SMILES string of the molecule is Cc1ccc(Oc2cc(F)cc(C(=O)NCC(=O)O)c2)c(F)c1. The van der Waals surface area contributed by atoms with Crippen LogP contribution in [0.1, 0.15) is 15.9 Å². The molecule has 2 rings (SSSR count). The molecule has 2 aromatic carbocycles. The number of hydrogen-bond donors (Lipinski definition) is 2. The third kappa shape index (κ3) is 4.50. The molecule has 0 aliphatic rings. The Kier molecular flexibility index (Phi) is 4.90. The summed E-state index contributed by atoms with van der Waals surface area (Å²) in [6.45, 7) is 1.11. The number of amides is 1. The Bertz CT molecular complexity index is 762. The number of carboxylic acids is 1. The van der Waals surface area contributed by atoms with Crippen LogP contribution in [-0.4, -0.2) is 23.5 Å². The third-order valence-corrected chi connectivity index (χ3v) is 2.85. The van der Waals surface area contributed by atoms with Gasteiger partial charge in [-0.2, -0.15) is 0 Å². The van der Waals surface area contributed by atoms with Crippen LogP contribution in [0.3, 0.4) is 0 Å². The van der Waals surface area contributed by atoms with Crippen molar-refractivity contribution in [2.45, 2.75) is 6.92 Å². The molecule has 0 aliphatic carbocycles. The molecule has 120 valence electrons. The van der Waals surface area contributed by atoms with E-state index in [9.17, 15) is 18.4 Å². The Hall–Kier alpha value is -2.96. The molecule has 0 fully saturated rings. The molecule has 0 aromatic heterocycles. The fraction of sp³-hybridized carbons (Fsp3) is 0.125. The molecule has 2 aromatic rings. The molecular weight excluding hydrogens is 308 g/mol. The van der Waals surface area contributed by atoms with Crippen molar-refractivity contribution < 1.29 is 28.2 Å². The van der Waals surface area contributed by atoms with Crippen LogP contribution < -0.4 is 10.1 Å². The number of ether oxygens (including phenoxy) is 1. The lowest BCUT2D eigenvalue weighted by molar-refractivity contribution is -0.135. The van der Waals surface area contributed by atoms with Gasteiger partial charge in [0.1, 0.15) is 18.1 Å². The van der Waals surface area contributed by atoms with Gasteiger partial charge >= 0.3 is 5.97 Å². The van der Waals surface area contributed by atoms with E-state index in [-0.39, 0.29) is 17.1 Å². The molecule has 0 aliphatic heterocycles. The molecule has 0 spiro atoms. The molecule has 0 saturated heterocycles. The summed E-state index contributed by atoms with van der Waals surface area (Å²) in [5, 5.41) is 10.6. The van der Waals surface area contributed by atoms with Gasteiger partial charge in [0, 0.05) is 11.6 Å². The zero-order chi connectivity index (χ0) is 17.0. The summed E-state index contributed by atoms with van der Waals surface area (Å²) in [6, 6.07) is 7.38. The molecule has 0 bridgehead atoms. The fourth-order valence-corrected chi connectivity index (χ4v) is 1.83. The Balaban J connectivity index is 2.23. The van der Waals surface area contributed by atoms with Gasteiger partial charge in [-0.25, -0.2) is 8.78 Å².